The van der Waals surface area contributed by atoms with Gasteiger partial charge in [0.2, 0.25) is 0 Å². The molecule has 0 aliphatic heterocycles. The molecule has 1 aromatic rings. The van der Waals surface area contributed by atoms with Crippen LogP contribution in [-0.2, 0) is 21.4 Å². The standard InChI is InChI=1S/C10H12N2O2S/c1-10(2,6-11)9-12-7(5-15-9)4-8(13)14-3/h5H,4H2,1-3H3. The SMILES string of the molecule is COC(=O)Cc1csc(C(C)(C)C#N)n1. The van der Waals surface area contributed by atoms with Crippen LogP contribution in [0.1, 0.15) is 24.5 Å². The molecule has 0 spiro atoms. The Labute approximate surface area is 92.5 Å². The first-order valence-corrected chi connectivity index (χ1v) is 5.30. The van der Waals surface area contributed by atoms with Gasteiger partial charge in [-0.25, -0.2) is 4.98 Å². The molecule has 0 aliphatic rings. The normalized spacial score (nSPS) is 10.8. The van der Waals surface area contributed by atoms with Gasteiger partial charge in [0, 0.05) is 5.38 Å². The molecule has 0 aliphatic carbocycles. The highest BCUT2D eigenvalue weighted by Crippen LogP contribution is 2.25. The maximum Gasteiger partial charge on any atom is 0.311 e. The average Bonchev–Trinajstić information content (AvgIpc) is 2.66. The minimum absolute atomic E-state index is 0.161. The van der Waals surface area contributed by atoms with E-state index in [1.165, 1.54) is 18.4 Å². The number of nitrogens with zero attached hydrogens (tertiary/aromatic N) is 2. The van der Waals surface area contributed by atoms with Crippen LogP contribution >= 0.6 is 11.3 Å². The van der Waals surface area contributed by atoms with E-state index >= 15 is 0 Å². The topological polar surface area (TPSA) is 63.0 Å². The Bertz CT molecular complexity index is 404. The summed E-state index contributed by atoms with van der Waals surface area (Å²) in [5, 5.41) is 11.4. The predicted molar refractivity (Wildman–Crippen MR) is 56.5 cm³/mol. The summed E-state index contributed by atoms with van der Waals surface area (Å²) in [6, 6.07) is 2.17. The second-order valence-corrected chi connectivity index (χ2v) is 4.49. The van der Waals surface area contributed by atoms with Crippen LogP contribution in [0.5, 0.6) is 0 Å². The van der Waals surface area contributed by atoms with Crippen LogP contribution in [0.25, 0.3) is 0 Å². The molecule has 0 unspecified atom stereocenters. The van der Waals surface area contributed by atoms with Crippen LogP contribution < -0.4 is 0 Å². The average molecular weight is 224 g/mol. The molecule has 1 aromatic heterocycles. The van der Waals surface area contributed by atoms with Crippen molar-refractivity contribution in [3.8, 4) is 6.07 Å². The molecule has 0 radical (unpaired) electrons. The van der Waals surface area contributed by atoms with Gasteiger partial charge in [-0.1, -0.05) is 0 Å². The van der Waals surface area contributed by atoms with Crippen LogP contribution in [0.4, 0.5) is 0 Å². The van der Waals surface area contributed by atoms with Gasteiger partial charge in [-0.15, -0.1) is 11.3 Å². The maximum absolute atomic E-state index is 11.0. The first-order chi connectivity index (χ1) is 6.99. The van der Waals surface area contributed by atoms with Crippen molar-refractivity contribution in [3.05, 3.63) is 16.1 Å². The number of nitriles is 1. The number of ether oxygens (including phenoxy) is 1. The maximum atomic E-state index is 11.0. The fourth-order valence-corrected chi connectivity index (χ4v) is 1.84. The van der Waals surface area contributed by atoms with Gasteiger partial charge < -0.3 is 4.74 Å². The number of rotatable bonds is 3. The smallest absolute Gasteiger partial charge is 0.311 e. The van der Waals surface area contributed by atoms with E-state index in [4.69, 9.17) is 5.26 Å². The molecular weight excluding hydrogens is 212 g/mol. The molecule has 0 fully saturated rings. The highest BCUT2D eigenvalue weighted by Gasteiger charge is 2.24. The Hall–Kier alpha value is -1.41. The van der Waals surface area contributed by atoms with Gasteiger partial charge in [0.05, 0.1) is 25.3 Å². The van der Waals surface area contributed by atoms with Crippen LogP contribution in [0, 0.1) is 11.3 Å². The summed E-state index contributed by atoms with van der Waals surface area (Å²) in [6.07, 6.45) is 0.161. The first kappa shape index (κ1) is 11.7. The molecule has 1 rings (SSSR count). The van der Waals surface area contributed by atoms with Crippen LogP contribution in [0.15, 0.2) is 5.38 Å². The summed E-state index contributed by atoms with van der Waals surface area (Å²) in [5.74, 6) is -0.318. The van der Waals surface area contributed by atoms with E-state index < -0.39 is 5.41 Å². The number of carbonyl (C=O) groups is 1. The zero-order valence-corrected chi connectivity index (χ0v) is 9.72. The third-order valence-corrected chi connectivity index (χ3v) is 3.13. The number of esters is 1. The van der Waals surface area contributed by atoms with Gasteiger partial charge in [-0.05, 0) is 13.8 Å². The number of hydrogen-bond donors (Lipinski definition) is 0. The molecule has 0 aromatic carbocycles. The van der Waals surface area contributed by atoms with Gasteiger partial charge >= 0.3 is 5.97 Å². The van der Waals surface area contributed by atoms with E-state index in [0.29, 0.717) is 5.69 Å². The number of aromatic nitrogens is 1. The lowest BCUT2D eigenvalue weighted by molar-refractivity contribution is -0.139. The second-order valence-electron chi connectivity index (χ2n) is 3.63. The van der Waals surface area contributed by atoms with Gasteiger partial charge in [0.15, 0.2) is 0 Å². The van der Waals surface area contributed by atoms with E-state index in [2.05, 4.69) is 15.8 Å². The quantitative estimate of drug-likeness (QED) is 0.732. The first-order valence-electron chi connectivity index (χ1n) is 4.42. The third kappa shape index (κ3) is 2.77. The minimum Gasteiger partial charge on any atom is -0.469 e. The lowest BCUT2D eigenvalue weighted by atomic mass is 9.97. The number of methoxy groups -OCH3 is 1. The largest absolute Gasteiger partial charge is 0.469 e. The van der Waals surface area contributed by atoms with Crippen molar-refractivity contribution < 1.29 is 9.53 Å². The molecule has 0 saturated carbocycles. The van der Waals surface area contributed by atoms with E-state index in [1.807, 2.05) is 0 Å². The summed E-state index contributed by atoms with van der Waals surface area (Å²) in [6.45, 7) is 3.60. The molecule has 0 amide bonds. The predicted octanol–water partition coefficient (Wildman–Crippen LogP) is 1.66. The second kappa shape index (κ2) is 4.41. The van der Waals surface area contributed by atoms with Crippen LogP contribution in [0.2, 0.25) is 0 Å². The Balaban J connectivity index is 2.82. The zero-order valence-electron chi connectivity index (χ0n) is 8.90. The molecule has 0 saturated heterocycles. The lowest BCUT2D eigenvalue weighted by Gasteiger charge is -2.09. The summed E-state index contributed by atoms with van der Waals surface area (Å²) >= 11 is 1.39. The van der Waals surface area contributed by atoms with Crippen molar-refractivity contribution in [2.24, 2.45) is 0 Å². The molecular formula is C10H12N2O2S. The van der Waals surface area contributed by atoms with Crippen molar-refractivity contribution in [1.82, 2.24) is 4.98 Å². The van der Waals surface area contributed by atoms with Crippen molar-refractivity contribution in [1.29, 1.82) is 5.26 Å². The number of carbonyl (C=O) groups excluding carboxylic acids is 1. The fourth-order valence-electron chi connectivity index (χ4n) is 0.943. The van der Waals surface area contributed by atoms with E-state index in [-0.39, 0.29) is 12.4 Å². The summed E-state index contributed by atoms with van der Waals surface area (Å²) in [7, 11) is 1.34. The van der Waals surface area contributed by atoms with Crippen LogP contribution in [-0.4, -0.2) is 18.1 Å². The van der Waals surface area contributed by atoms with E-state index in [0.717, 1.165) is 5.01 Å². The van der Waals surface area contributed by atoms with Crippen molar-refractivity contribution in [2.75, 3.05) is 7.11 Å². The highest BCUT2D eigenvalue weighted by molar-refractivity contribution is 7.09. The number of hydrogen-bond acceptors (Lipinski definition) is 5. The fraction of sp³-hybridized carbons (Fsp3) is 0.500. The summed E-state index contributed by atoms with van der Waals surface area (Å²) < 4.78 is 4.54. The zero-order chi connectivity index (χ0) is 11.5. The molecule has 15 heavy (non-hydrogen) atoms. The van der Waals surface area contributed by atoms with Crippen molar-refractivity contribution in [3.63, 3.8) is 0 Å². The Morgan fingerprint density at radius 3 is 2.93 bits per heavy atom. The highest BCUT2D eigenvalue weighted by atomic mass is 32.1. The van der Waals surface area contributed by atoms with Gasteiger partial charge in [0.25, 0.3) is 0 Å². The molecule has 1 heterocycles. The molecule has 0 atom stereocenters. The molecule has 0 N–H and O–H groups in total. The lowest BCUT2D eigenvalue weighted by Crippen LogP contribution is -2.14. The molecule has 0 bridgehead atoms. The molecule has 80 valence electrons. The van der Waals surface area contributed by atoms with Gasteiger partial charge in [-0.2, -0.15) is 5.26 Å². The Kier molecular flexibility index (Phi) is 3.43. The van der Waals surface area contributed by atoms with Gasteiger partial charge in [-0.3, -0.25) is 4.79 Å². The number of thiazole rings is 1. The molecule has 4 nitrogen and oxygen atoms in total. The molecule has 5 heteroatoms. The Morgan fingerprint density at radius 2 is 2.40 bits per heavy atom. The van der Waals surface area contributed by atoms with Gasteiger partial charge in [0.1, 0.15) is 10.4 Å². The monoisotopic (exact) mass is 224 g/mol. The Morgan fingerprint density at radius 1 is 1.73 bits per heavy atom. The third-order valence-electron chi connectivity index (χ3n) is 1.92. The van der Waals surface area contributed by atoms with Crippen LogP contribution in [0.3, 0.4) is 0 Å². The van der Waals surface area contributed by atoms with E-state index in [9.17, 15) is 4.79 Å². The van der Waals surface area contributed by atoms with E-state index in [1.54, 1.807) is 19.2 Å². The van der Waals surface area contributed by atoms with Crippen molar-refractivity contribution in [2.45, 2.75) is 25.7 Å². The summed E-state index contributed by atoms with van der Waals surface area (Å²) in [5.41, 5.74) is 0.0594. The minimum atomic E-state index is -0.598. The van der Waals surface area contributed by atoms with Crippen molar-refractivity contribution >= 4 is 17.3 Å². The summed E-state index contributed by atoms with van der Waals surface area (Å²) in [4.78, 5) is 15.2.